The summed E-state index contributed by atoms with van der Waals surface area (Å²) < 4.78 is 17.9. The summed E-state index contributed by atoms with van der Waals surface area (Å²) in [7, 11) is 3.13. The van der Waals surface area contributed by atoms with Crippen LogP contribution < -0.4 is 20.5 Å². The quantitative estimate of drug-likeness (QED) is 0.394. The average Bonchev–Trinajstić information content (AvgIpc) is 3.50. The molecule has 4 aromatic rings. The smallest absolute Gasteiger partial charge is 0.257 e. The van der Waals surface area contributed by atoms with Gasteiger partial charge in [-0.1, -0.05) is 18.2 Å². The summed E-state index contributed by atoms with van der Waals surface area (Å²) in [5, 5.41) is 7.49. The van der Waals surface area contributed by atoms with E-state index in [9.17, 15) is 4.79 Å². The highest BCUT2D eigenvalue weighted by Crippen LogP contribution is 2.31. The van der Waals surface area contributed by atoms with Crippen molar-refractivity contribution in [3.63, 3.8) is 0 Å². The number of nitrogens with one attached hydrogen (secondary N) is 1. The summed E-state index contributed by atoms with van der Waals surface area (Å²) in [4.78, 5) is 22.6. The number of anilines is 1. The third-order valence-electron chi connectivity index (χ3n) is 5.96. The molecule has 180 valence electrons. The molecule has 3 heterocycles. The second kappa shape index (κ2) is 9.59. The van der Waals surface area contributed by atoms with E-state index < -0.39 is 0 Å². The van der Waals surface area contributed by atoms with Crippen molar-refractivity contribution in [2.24, 2.45) is 5.10 Å². The van der Waals surface area contributed by atoms with Gasteiger partial charge in [-0.2, -0.15) is 9.78 Å². The van der Waals surface area contributed by atoms with Crippen LogP contribution in [0.5, 0.6) is 11.5 Å². The van der Waals surface area contributed by atoms with Crippen LogP contribution in [0, 0.1) is 0 Å². The molecule has 1 unspecified atom stereocenters. The number of aromatic nitrogens is 3. The van der Waals surface area contributed by atoms with Gasteiger partial charge in [-0.05, 0) is 37.1 Å². The van der Waals surface area contributed by atoms with Gasteiger partial charge in [0.05, 0.1) is 37.6 Å². The molecule has 10 heteroatoms. The zero-order chi connectivity index (χ0) is 24.4. The fourth-order valence-electron chi connectivity index (χ4n) is 4.22. The maximum atomic E-state index is 13.2. The van der Waals surface area contributed by atoms with Gasteiger partial charge in [0.2, 0.25) is 0 Å². The maximum Gasteiger partial charge on any atom is 0.257 e. The van der Waals surface area contributed by atoms with E-state index in [2.05, 4.69) is 10.4 Å². The van der Waals surface area contributed by atoms with Gasteiger partial charge < -0.3 is 25.3 Å². The average molecular weight is 475 g/mol. The number of amides is 1. The first kappa shape index (κ1) is 22.6. The molecule has 2 aromatic heterocycles. The van der Waals surface area contributed by atoms with Crippen molar-refractivity contribution >= 4 is 40.1 Å². The lowest BCUT2D eigenvalue weighted by molar-refractivity contribution is 0.0859. The van der Waals surface area contributed by atoms with E-state index in [-0.39, 0.29) is 23.4 Å². The minimum absolute atomic E-state index is 0.000939. The third kappa shape index (κ3) is 4.24. The number of hydrogen-bond donors (Lipinski definition) is 2. The van der Waals surface area contributed by atoms with Crippen LogP contribution in [0.4, 0.5) is 5.82 Å². The van der Waals surface area contributed by atoms with Crippen LogP contribution in [0.25, 0.3) is 22.2 Å². The number of carbonyl (C=O) groups is 1. The molecule has 0 aliphatic carbocycles. The number of carbonyl (C=O) groups excluding carboxylic acids is 1. The highest BCUT2D eigenvalue weighted by Gasteiger charge is 2.25. The minimum Gasteiger partial charge on any atom is -0.493 e. The van der Waals surface area contributed by atoms with Crippen LogP contribution in [0.3, 0.4) is 0 Å². The molecule has 1 saturated heterocycles. The molecule has 1 aliphatic rings. The number of nitrogens with zero attached hydrogens (tertiary/aromatic N) is 4. The number of hydrogen-bond acceptors (Lipinski definition) is 8. The molecule has 0 spiro atoms. The number of fused-ring (bicyclic) bond motifs is 2. The molecule has 1 fully saturated rings. The molecule has 1 aliphatic heterocycles. The van der Waals surface area contributed by atoms with Gasteiger partial charge in [0.1, 0.15) is 16.9 Å². The number of nitrogens with two attached hydrogens (primary N) is 1. The fraction of sp³-hybridized carbons (Fsp3) is 0.280. The third-order valence-corrected chi connectivity index (χ3v) is 5.96. The Morgan fingerprint density at radius 2 is 2.00 bits per heavy atom. The van der Waals surface area contributed by atoms with Crippen LogP contribution in [0.1, 0.15) is 28.8 Å². The first-order chi connectivity index (χ1) is 17.1. The van der Waals surface area contributed by atoms with Gasteiger partial charge in [0.25, 0.3) is 5.91 Å². The lowest BCUT2D eigenvalue weighted by Crippen LogP contribution is -2.32. The largest absolute Gasteiger partial charge is 0.493 e. The predicted octanol–water partition coefficient (Wildman–Crippen LogP) is 2.97. The lowest BCUT2D eigenvalue weighted by Gasteiger charge is -2.10. The Kier molecular flexibility index (Phi) is 6.19. The second-order valence-electron chi connectivity index (χ2n) is 8.13. The Labute approximate surface area is 201 Å². The zero-order valence-corrected chi connectivity index (χ0v) is 19.5. The first-order valence-electron chi connectivity index (χ1n) is 11.3. The molecule has 35 heavy (non-hydrogen) atoms. The summed E-state index contributed by atoms with van der Waals surface area (Å²) in [5.41, 5.74) is 9.45. The number of benzene rings is 2. The van der Waals surface area contributed by atoms with Crippen molar-refractivity contribution in [3.05, 3.63) is 53.6 Å². The molecular formula is C25H26N6O4. The summed E-state index contributed by atoms with van der Waals surface area (Å²) in [6.45, 7) is 1.11. The summed E-state index contributed by atoms with van der Waals surface area (Å²) in [5.74, 6) is 0.889. The molecule has 0 radical (unpaired) electrons. The molecule has 0 bridgehead atoms. The van der Waals surface area contributed by atoms with Crippen LogP contribution in [0.2, 0.25) is 0 Å². The molecule has 1 amide bonds. The zero-order valence-electron chi connectivity index (χ0n) is 19.5. The van der Waals surface area contributed by atoms with Crippen molar-refractivity contribution in [3.8, 4) is 11.5 Å². The standard InChI is InChI=1S/C25H26N6O4/c1-33-19-11-5-7-15(22(19)34-2)13-28-31-23(26)20(25(32)27-14-16-8-6-12-35-16)21-24(31)30-18-10-4-3-9-17(18)29-21/h3-5,7,9-11,13,16H,6,8,12,14,26H2,1-2H3,(H,27,32). The van der Waals surface area contributed by atoms with Gasteiger partial charge in [0.15, 0.2) is 17.1 Å². The number of ether oxygens (including phenoxy) is 3. The van der Waals surface area contributed by atoms with E-state index >= 15 is 0 Å². The van der Waals surface area contributed by atoms with E-state index in [1.54, 1.807) is 26.5 Å². The second-order valence-corrected chi connectivity index (χ2v) is 8.13. The van der Waals surface area contributed by atoms with E-state index in [4.69, 9.17) is 29.9 Å². The molecule has 1 atom stereocenters. The summed E-state index contributed by atoms with van der Waals surface area (Å²) in [6, 6.07) is 12.9. The normalized spacial score (nSPS) is 15.8. The lowest BCUT2D eigenvalue weighted by atomic mass is 10.2. The highest BCUT2D eigenvalue weighted by molar-refractivity contribution is 6.10. The first-order valence-corrected chi connectivity index (χ1v) is 11.3. The Morgan fingerprint density at radius 1 is 1.20 bits per heavy atom. The van der Waals surface area contributed by atoms with Crippen molar-refractivity contribution < 1.29 is 19.0 Å². The van der Waals surface area contributed by atoms with E-state index in [0.29, 0.717) is 52.4 Å². The van der Waals surface area contributed by atoms with Crippen molar-refractivity contribution in [2.75, 3.05) is 33.1 Å². The van der Waals surface area contributed by atoms with E-state index in [1.807, 2.05) is 36.4 Å². The predicted molar refractivity (Wildman–Crippen MR) is 133 cm³/mol. The van der Waals surface area contributed by atoms with Crippen LogP contribution >= 0.6 is 0 Å². The van der Waals surface area contributed by atoms with Gasteiger partial charge in [-0.15, -0.1) is 0 Å². The summed E-state index contributed by atoms with van der Waals surface area (Å²) in [6.07, 6.45) is 3.48. The Bertz CT molecular complexity index is 1420. The number of methoxy groups -OCH3 is 2. The van der Waals surface area contributed by atoms with Crippen molar-refractivity contribution in [1.82, 2.24) is 20.0 Å². The molecular weight excluding hydrogens is 448 g/mol. The highest BCUT2D eigenvalue weighted by atomic mass is 16.5. The van der Waals surface area contributed by atoms with Crippen LogP contribution in [0.15, 0.2) is 47.6 Å². The topological polar surface area (TPSA) is 126 Å². The van der Waals surface area contributed by atoms with Crippen molar-refractivity contribution in [1.29, 1.82) is 0 Å². The van der Waals surface area contributed by atoms with Gasteiger partial charge >= 0.3 is 0 Å². The molecule has 0 saturated carbocycles. The van der Waals surface area contributed by atoms with E-state index in [1.165, 1.54) is 4.68 Å². The van der Waals surface area contributed by atoms with E-state index in [0.717, 1.165) is 12.8 Å². The van der Waals surface area contributed by atoms with Crippen molar-refractivity contribution in [2.45, 2.75) is 18.9 Å². The fourth-order valence-corrected chi connectivity index (χ4v) is 4.22. The Morgan fingerprint density at radius 3 is 2.71 bits per heavy atom. The number of nitrogen functional groups attached to an aromatic ring is 1. The molecule has 5 rings (SSSR count). The van der Waals surface area contributed by atoms with Gasteiger partial charge in [-0.25, -0.2) is 9.97 Å². The molecule has 2 aromatic carbocycles. The number of para-hydroxylation sites is 3. The maximum absolute atomic E-state index is 13.2. The molecule has 10 nitrogen and oxygen atoms in total. The number of rotatable bonds is 7. The monoisotopic (exact) mass is 474 g/mol. The van der Waals surface area contributed by atoms with Crippen LogP contribution in [-0.4, -0.2) is 60.2 Å². The Hall–Kier alpha value is -4.18. The Balaban J connectivity index is 1.60. The summed E-state index contributed by atoms with van der Waals surface area (Å²) >= 11 is 0. The minimum atomic E-state index is -0.347. The van der Waals surface area contributed by atoms with Gasteiger partial charge in [-0.3, -0.25) is 4.79 Å². The molecule has 3 N–H and O–H groups in total. The van der Waals surface area contributed by atoms with Crippen LogP contribution in [-0.2, 0) is 4.74 Å². The SMILES string of the molecule is COc1cccc(C=Nn2c(N)c(C(=O)NCC3CCCO3)c3nc4ccccc4nc32)c1OC. The van der Waals surface area contributed by atoms with Gasteiger partial charge in [0, 0.05) is 18.7 Å².